The van der Waals surface area contributed by atoms with Crippen molar-refractivity contribution < 1.29 is 13.2 Å². The Bertz CT molecular complexity index is 672. The minimum atomic E-state index is -2.84. The molecule has 2 aliphatic carbocycles. The summed E-state index contributed by atoms with van der Waals surface area (Å²) in [5, 5.41) is 7.32. The van der Waals surface area contributed by atoms with Gasteiger partial charge in [0.1, 0.15) is 0 Å². The van der Waals surface area contributed by atoms with E-state index >= 15 is 0 Å². The first-order valence-electron chi connectivity index (χ1n) is 10.8. The van der Waals surface area contributed by atoms with Crippen molar-refractivity contribution in [2.45, 2.75) is 77.0 Å². The molecule has 2 saturated carbocycles. The van der Waals surface area contributed by atoms with Gasteiger partial charge in [-0.1, -0.05) is 19.8 Å². The number of hydrogen-bond acceptors (Lipinski definition) is 4. The Balaban J connectivity index is 1.46. The van der Waals surface area contributed by atoms with Gasteiger partial charge in [-0.25, -0.2) is 8.42 Å². The molecule has 4 aliphatic rings. The summed E-state index contributed by atoms with van der Waals surface area (Å²) in [5.74, 6) is 2.24. The van der Waals surface area contributed by atoms with Crippen LogP contribution in [0.3, 0.4) is 0 Å². The lowest BCUT2D eigenvalue weighted by Gasteiger charge is -2.57. The van der Waals surface area contributed by atoms with E-state index < -0.39 is 9.84 Å². The summed E-state index contributed by atoms with van der Waals surface area (Å²) in [6.07, 6.45) is 8.46. The second kappa shape index (κ2) is 7.54. The van der Waals surface area contributed by atoms with Gasteiger partial charge in [0.15, 0.2) is 15.8 Å². The lowest BCUT2D eigenvalue weighted by Crippen LogP contribution is -2.69. The predicted octanol–water partition coefficient (Wildman–Crippen LogP) is 2.10. The minimum Gasteiger partial charge on any atom is -0.377 e. The predicted molar refractivity (Wildman–Crippen MR) is 108 cm³/mol. The summed E-state index contributed by atoms with van der Waals surface area (Å²) in [6.45, 7) is 5.82. The molecule has 4 fully saturated rings. The second-order valence-electron chi connectivity index (χ2n) is 9.22. The fourth-order valence-corrected chi connectivity index (χ4v) is 7.61. The fraction of sp³-hybridized carbons (Fsp3) is 0.950. The summed E-state index contributed by atoms with van der Waals surface area (Å²) < 4.78 is 29.6. The Labute approximate surface area is 163 Å². The third-order valence-electron chi connectivity index (χ3n) is 7.41. The monoisotopic (exact) mass is 397 g/mol. The molecule has 5 unspecified atom stereocenters. The summed E-state index contributed by atoms with van der Waals surface area (Å²) >= 11 is 0. The molecule has 2 saturated heterocycles. The summed E-state index contributed by atoms with van der Waals surface area (Å²) in [5.41, 5.74) is 0.287. The van der Waals surface area contributed by atoms with E-state index in [-0.39, 0.29) is 11.3 Å². The van der Waals surface area contributed by atoms with E-state index in [1.807, 2.05) is 0 Å². The largest absolute Gasteiger partial charge is 0.377 e. The molecule has 0 radical (unpaired) electrons. The van der Waals surface area contributed by atoms with E-state index in [0.717, 1.165) is 31.8 Å². The first-order chi connectivity index (χ1) is 12.9. The molecule has 0 aromatic heterocycles. The molecule has 1 spiro atoms. The van der Waals surface area contributed by atoms with Crippen molar-refractivity contribution in [3.8, 4) is 0 Å². The zero-order chi connectivity index (χ0) is 19.1. The normalized spacial score (nSPS) is 37.8. The fourth-order valence-electron chi connectivity index (χ4n) is 5.76. The van der Waals surface area contributed by atoms with Crippen LogP contribution < -0.4 is 10.6 Å². The van der Waals surface area contributed by atoms with Gasteiger partial charge in [0.25, 0.3) is 0 Å². The highest BCUT2D eigenvalue weighted by molar-refractivity contribution is 7.91. The van der Waals surface area contributed by atoms with Gasteiger partial charge in [-0.05, 0) is 44.9 Å². The van der Waals surface area contributed by atoms with Crippen LogP contribution in [0.5, 0.6) is 0 Å². The van der Waals surface area contributed by atoms with Crippen molar-refractivity contribution >= 4 is 15.8 Å². The van der Waals surface area contributed by atoms with Gasteiger partial charge in [-0.3, -0.25) is 4.99 Å². The average Bonchev–Trinajstić information content (AvgIpc) is 3.35. The maximum absolute atomic E-state index is 11.7. The lowest BCUT2D eigenvalue weighted by atomic mass is 9.54. The Kier molecular flexibility index (Phi) is 5.45. The van der Waals surface area contributed by atoms with Crippen molar-refractivity contribution in [2.75, 3.05) is 24.7 Å². The molecule has 2 aliphatic heterocycles. The van der Waals surface area contributed by atoms with Crippen LogP contribution in [0.4, 0.5) is 0 Å². The van der Waals surface area contributed by atoms with Gasteiger partial charge in [0.2, 0.25) is 0 Å². The van der Waals surface area contributed by atoms with Gasteiger partial charge < -0.3 is 15.4 Å². The topological polar surface area (TPSA) is 79.8 Å². The number of nitrogens with zero attached hydrogens (tertiary/aromatic N) is 1. The molecule has 0 amide bonds. The number of rotatable bonds is 5. The maximum Gasteiger partial charge on any atom is 0.191 e. The molecule has 2 heterocycles. The summed E-state index contributed by atoms with van der Waals surface area (Å²) in [4.78, 5) is 4.84. The van der Waals surface area contributed by atoms with Gasteiger partial charge in [-0.15, -0.1) is 0 Å². The molecular formula is C20H35N3O3S. The first-order valence-corrected chi connectivity index (χ1v) is 12.7. The third kappa shape index (κ3) is 3.74. The van der Waals surface area contributed by atoms with E-state index in [2.05, 4.69) is 24.5 Å². The molecular weight excluding hydrogens is 362 g/mol. The van der Waals surface area contributed by atoms with Gasteiger partial charge >= 0.3 is 0 Å². The number of guanidine groups is 1. The van der Waals surface area contributed by atoms with Crippen molar-refractivity contribution in [1.29, 1.82) is 0 Å². The first kappa shape index (κ1) is 19.5. The highest BCUT2D eigenvalue weighted by atomic mass is 32.2. The molecule has 154 valence electrons. The van der Waals surface area contributed by atoms with Crippen LogP contribution in [-0.2, 0) is 14.6 Å². The standard InChI is InChI=1S/C20H35N3O3S/c1-3-14(2)22-19(21-12-15-7-11-27(24,25)13-15)23-17-16-6-10-26-18(16)20(17)8-4-5-9-20/h14-18H,3-13H2,1-2H3,(H2,21,22,23). The Morgan fingerprint density at radius 2 is 2.07 bits per heavy atom. The van der Waals surface area contributed by atoms with Crippen molar-refractivity contribution in [3.05, 3.63) is 0 Å². The van der Waals surface area contributed by atoms with E-state index in [0.29, 0.717) is 42.2 Å². The second-order valence-corrected chi connectivity index (χ2v) is 11.4. The van der Waals surface area contributed by atoms with Crippen molar-refractivity contribution in [3.63, 3.8) is 0 Å². The average molecular weight is 398 g/mol. The molecule has 4 rings (SSSR count). The van der Waals surface area contributed by atoms with Gasteiger partial charge in [0, 0.05) is 36.6 Å². The molecule has 0 bridgehead atoms. The van der Waals surface area contributed by atoms with Crippen LogP contribution in [0, 0.1) is 17.3 Å². The van der Waals surface area contributed by atoms with Crippen molar-refractivity contribution in [1.82, 2.24) is 10.6 Å². The van der Waals surface area contributed by atoms with Gasteiger partial charge in [0.05, 0.1) is 17.6 Å². The molecule has 6 nitrogen and oxygen atoms in total. The molecule has 5 atom stereocenters. The van der Waals surface area contributed by atoms with Crippen molar-refractivity contribution in [2.24, 2.45) is 22.2 Å². The Morgan fingerprint density at radius 1 is 1.30 bits per heavy atom. The van der Waals surface area contributed by atoms with E-state index in [1.165, 1.54) is 25.7 Å². The number of ether oxygens (including phenoxy) is 1. The number of nitrogens with one attached hydrogen (secondary N) is 2. The lowest BCUT2D eigenvalue weighted by molar-refractivity contribution is -0.125. The van der Waals surface area contributed by atoms with E-state index in [9.17, 15) is 8.42 Å². The highest BCUT2D eigenvalue weighted by Gasteiger charge is 2.65. The number of fused-ring (bicyclic) bond motifs is 2. The zero-order valence-corrected chi connectivity index (χ0v) is 17.6. The van der Waals surface area contributed by atoms with Crippen LogP contribution in [0.25, 0.3) is 0 Å². The number of hydrogen-bond donors (Lipinski definition) is 2. The Morgan fingerprint density at radius 3 is 2.74 bits per heavy atom. The van der Waals surface area contributed by atoms with Crippen LogP contribution in [0.2, 0.25) is 0 Å². The molecule has 2 N–H and O–H groups in total. The molecule has 7 heteroatoms. The van der Waals surface area contributed by atoms with Crippen LogP contribution in [-0.4, -0.2) is 57.2 Å². The molecule has 0 aromatic carbocycles. The highest BCUT2D eigenvalue weighted by Crippen LogP contribution is 2.60. The van der Waals surface area contributed by atoms with Crippen LogP contribution in [0.1, 0.15) is 58.8 Å². The number of sulfone groups is 1. The molecule has 27 heavy (non-hydrogen) atoms. The van der Waals surface area contributed by atoms with E-state index in [4.69, 9.17) is 9.73 Å². The quantitative estimate of drug-likeness (QED) is 0.549. The molecule has 0 aromatic rings. The Hall–Kier alpha value is -0.820. The van der Waals surface area contributed by atoms with Gasteiger partial charge in [-0.2, -0.15) is 0 Å². The summed E-state index contributed by atoms with van der Waals surface area (Å²) in [7, 11) is -2.84. The third-order valence-corrected chi connectivity index (χ3v) is 9.25. The SMILES string of the molecule is CCC(C)NC(=NCC1CCS(=O)(=O)C1)NC1C2CCOC2C12CCCC2. The smallest absolute Gasteiger partial charge is 0.191 e. The van der Waals surface area contributed by atoms with Crippen LogP contribution >= 0.6 is 0 Å². The minimum absolute atomic E-state index is 0.162. The van der Waals surface area contributed by atoms with E-state index in [1.54, 1.807) is 0 Å². The maximum atomic E-state index is 11.7. The summed E-state index contributed by atoms with van der Waals surface area (Å²) in [6, 6.07) is 0.786. The van der Waals surface area contributed by atoms with Crippen LogP contribution in [0.15, 0.2) is 4.99 Å². The number of aliphatic imine (C=N–C) groups is 1. The zero-order valence-electron chi connectivity index (χ0n) is 16.7.